The zero-order chi connectivity index (χ0) is 17.6. The Morgan fingerprint density at radius 1 is 1.25 bits per heavy atom. The van der Waals surface area contributed by atoms with Gasteiger partial charge < -0.3 is 10.1 Å². The van der Waals surface area contributed by atoms with Crippen molar-refractivity contribution >= 4 is 27.6 Å². The fourth-order valence-corrected chi connectivity index (χ4v) is 3.55. The molecule has 8 heteroatoms. The smallest absolute Gasteiger partial charge is 0.324 e. The van der Waals surface area contributed by atoms with Gasteiger partial charge in [-0.15, -0.1) is 0 Å². The molecule has 1 heterocycles. The highest BCUT2D eigenvalue weighted by Gasteiger charge is 2.31. The molecule has 7 nitrogen and oxygen atoms in total. The molecule has 1 aromatic rings. The van der Waals surface area contributed by atoms with Crippen molar-refractivity contribution in [2.45, 2.75) is 50.0 Å². The van der Waals surface area contributed by atoms with Crippen LogP contribution in [0.25, 0.3) is 0 Å². The number of ether oxygens (including phenoxy) is 1. The number of cyclic esters (lactones) is 1. The Bertz CT molecular complexity index is 685. The summed E-state index contributed by atoms with van der Waals surface area (Å²) in [6, 6.07) is 5.00. The first-order valence-electron chi connectivity index (χ1n) is 8.01. The molecule has 1 aromatic carbocycles. The second-order valence-corrected chi connectivity index (χ2v) is 7.37. The maximum atomic E-state index is 12.2. The summed E-state index contributed by atoms with van der Waals surface area (Å²) in [5.74, 6) is -0.652. The number of benzene rings is 1. The van der Waals surface area contributed by atoms with Gasteiger partial charge in [-0.3, -0.25) is 9.59 Å². The van der Waals surface area contributed by atoms with Crippen LogP contribution in [0.15, 0.2) is 29.2 Å². The van der Waals surface area contributed by atoms with Crippen LogP contribution in [0.4, 0.5) is 5.69 Å². The molecule has 132 valence electrons. The number of hydrogen-bond acceptors (Lipinski definition) is 5. The summed E-state index contributed by atoms with van der Waals surface area (Å²) in [7, 11) is -3.80. The Morgan fingerprint density at radius 2 is 1.96 bits per heavy atom. The van der Waals surface area contributed by atoms with Crippen LogP contribution < -0.4 is 10.0 Å². The predicted molar refractivity (Wildman–Crippen MR) is 88.9 cm³/mol. The second-order valence-electron chi connectivity index (χ2n) is 5.66. The minimum Gasteiger partial charge on any atom is -0.464 e. The van der Waals surface area contributed by atoms with Crippen molar-refractivity contribution in [3.05, 3.63) is 24.3 Å². The Morgan fingerprint density at radius 3 is 2.54 bits per heavy atom. The molecule has 0 unspecified atom stereocenters. The molecule has 1 fully saturated rings. The summed E-state index contributed by atoms with van der Waals surface area (Å²) in [4.78, 5) is 23.1. The Balaban J connectivity index is 1.95. The average molecular weight is 354 g/mol. The number of rotatable bonds is 8. The fourth-order valence-electron chi connectivity index (χ4n) is 2.33. The van der Waals surface area contributed by atoms with Crippen molar-refractivity contribution in [1.29, 1.82) is 0 Å². The van der Waals surface area contributed by atoms with Crippen LogP contribution in [0, 0.1) is 0 Å². The molecule has 2 N–H and O–H groups in total. The molecule has 2 rings (SSSR count). The molecule has 0 saturated carbocycles. The average Bonchev–Trinajstić information content (AvgIpc) is 2.92. The minimum atomic E-state index is -3.80. The number of hydrogen-bond donors (Lipinski definition) is 2. The molecule has 24 heavy (non-hydrogen) atoms. The summed E-state index contributed by atoms with van der Waals surface area (Å²) < 4.78 is 31.5. The zero-order valence-corrected chi connectivity index (χ0v) is 14.4. The molecule has 1 aliphatic heterocycles. The Hall–Kier alpha value is -1.93. The van der Waals surface area contributed by atoms with Crippen LogP contribution in [0.2, 0.25) is 0 Å². The maximum Gasteiger partial charge on any atom is 0.324 e. The Labute approximate surface area is 141 Å². The lowest BCUT2D eigenvalue weighted by molar-refractivity contribution is -0.139. The van der Waals surface area contributed by atoms with Crippen molar-refractivity contribution < 1.29 is 22.7 Å². The number of carbonyl (C=O) groups excluding carboxylic acids is 2. The largest absolute Gasteiger partial charge is 0.464 e. The van der Waals surface area contributed by atoms with Crippen LogP contribution in [-0.4, -0.2) is 32.9 Å². The number of amides is 1. The molecule has 0 aliphatic carbocycles. The molecule has 0 radical (unpaired) electrons. The second kappa shape index (κ2) is 8.25. The van der Waals surface area contributed by atoms with Crippen LogP contribution in [-0.2, 0) is 24.3 Å². The van der Waals surface area contributed by atoms with Crippen molar-refractivity contribution in [2.24, 2.45) is 0 Å². The molecular weight excluding hydrogens is 332 g/mol. The minimum absolute atomic E-state index is 0.0335. The molecule has 1 aliphatic rings. The van der Waals surface area contributed by atoms with E-state index in [2.05, 4.69) is 17.0 Å². The van der Waals surface area contributed by atoms with E-state index in [1.165, 1.54) is 24.3 Å². The van der Waals surface area contributed by atoms with Crippen molar-refractivity contribution in [1.82, 2.24) is 4.72 Å². The van der Waals surface area contributed by atoms with Gasteiger partial charge in [0, 0.05) is 18.5 Å². The molecule has 1 saturated heterocycles. The molecular formula is C16H22N2O5S. The van der Waals surface area contributed by atoms with Gasteiger partial charge in [-0.05, 0) is 30.7 Å². The van der Waals surface area contributed by atoms with E-state index < -0.39 is 22.0 Å². The molecule has 1 amide bonds. The van der Waals surface area contributed by atoms with E-state index >= 15 is 0 Å². The zero-order valence-electron chi connectivity index (χ0n) is 13.6. The van der Waals surface area contributed by atoms with Gasteiger partial charge in [0.2, 0.25) is 15.9 Å². The summed E-state index contributed by atoms with van der Waals surface area (Å²) in [6.07, 6.45) is 3.64. The molecule has 0 aromatic heterocycles. The van der Waals surface area contributed by atoms with Gasteiger partial charge in [0.05, 0.1) is 11.5 Å². The normalized spacial score (nSPS) is 17.5. The fraction of sp³-hybridized carbons (Fsp3) is 0.500. The van der Waals surface area contributed by atoms with Crippen molar-refractivity contribution in [3.63, 3.8) is 0 Å². The van der Waals surface area contributed by atoms with Gasteiger partial charge in [-0.1, -0.05) is 19.8 Å². The quantitative estimate of drug-likeness (QED) is 0.547. The topological polar surface area (TPSA) is 102 Å². The number of nitrogens with one attached hydrogen (secondary N) is 2. The van der Waals surface area contributed by atoms with Gasteiger partial charge >= 0.3 is 5.97 Å². The number of sulfonamides is 1. The van der Waals surface area contributed by atoms with E-state index in [9.17, 15) is 18.0 Å². The monoisotopic (exact) mass is 354 g/mol. The highest BCUT2D eigenvalue weighted by molar-refractivity contribution is 7.89. The third kappa shape index (κ3) is 5.04. The predicted octanol–water partition coefficient (Wildman–Crippen LogP) is 1.80. The van der Waals surface area contributed by atoms with E-state index in [1.54, 1.807) is 0 Å². The number of unbranched alkanes of at least 4 members (excludes halogenated alkanes) is 2. The Kier molecular flexibility index (Phi) is 6.33. The highest BCUT2D eigenvalue weighted by atomic mass is 32.2. The number of anilines is 1. The first-order chi connectivity index (χ1) is 11.4. The van der Waals surface area contributed by atoms with E-state index in [4.69, 9.17) is 4.74 Å². The van der Waals surface area contributed by atoms with Gasteiger partial charge in [0.25, 0.3) is 0 Å². The van der Waals surface area contributed by atoms with Gasteiger partial charge in [0.15, 0.2) is 0 Å². The van der Waals surface area contributed by atoms with Crippen LogP contribution in [0.1, 0.15) is 39.0 Å². The van der Waals surface area contributed by atoms with Gasteiger partial charge in [-0.25, -0.2) is 8.42 Å². The summed E-state index contributed by atoms with van der Waals surface area (Å²) in [6.45, 7) is 2.28. The first kappa shape index (κ1) is 18.4. The van der Waals surface area contributed by atoms with Crippen molar-refractivity contribution in [2.75, 3.05) is 11.9 Å². The highest BCUT2D eigenvalue weighted by Crippen LogP contribution is 2.17. The van der Waals surface area contributed by atoms with Gasteiger partial charge in [0.1, 0.15) is 6.04 Å². The van der Waals surface area contributed by atoms with E-state index in [0.29, 0.717) is 18.5 Å². The lowest BCUT2D eigenvalue weighted by atomic mass is 10.2. The lowest BCUT2D eigenvalue weighted by Crippen LogP contribution is -2.37. The number of esters is 1. The van der Waals surface area contributed by atoms with Gasteiger partial charge in [-0.2, -0.15) is 4.72 Å². The van der Waals surface area contributed by atoms with Crippen LogP contribution in [0.5, 0.6) is 0 Å². The number of carbonyl (C=O) groups is 2. The first-order valence-corrected chi connectivity index (χ1v) is 9.49. The maximum absolute atomic E-state index is 12.2. The lowest BCUT2D eigenvalue weighted by Gasteiger charge is -2.11. The summed E-state index contributed by atoms with van der Waals surface area (Å²) >= 11 is 0. The molecule has 0 bridgehead atoms. The molecule has 1 atom stereocenters. The van der Waals surface area contributed by atoms with E-state index in [0.717, 1.165) is 19.3 Å². The summed E-state index contributed by atoms with van der Waals surface area (Å²) in [5, 5.41) is 2.73. The summed E-state index contributed by atoms with van der Waals surface area (Å²) in [5.41, 5.74) is 0.538. The van der Waals surface area contributed by atoms with Crippen LogP contribution in [0.3, 0.4) is 0 Å². The van der Waals surface area contributed by atoms with Crippen LogP contribution >= 0.6 is 0 Å². The standard InChI is InChI=1S/C16H22N2O5S/c1-2-3-4-5-15(19)17-12-6-8-13(9-7-12)24(21,22)18-14-10-11-23-16(14)20/h6-9,14,18H,2-5,10-11H2,1H3,(H,17,19)/t14-/m0/s1. The molecule has 0 spiro atoms. The third-order valence-electron chi connectivity index (χ3n) is 3.69. The van der Waals surface area contributed by atoms with E-state index in [-0.39, 0.29) is 17.4 Å². The van der Waals surface area contributed by atoms with E-state index in [1.807, 2.05) is 0 Å². The SMILES string of the molecule is CCCCCC(=O)Nc1ccc(S(=O)(=O)N[C@H]2CCOC2=O)cc1. The van der Waals surface area contributed by atoms with Crippen molar-refractivity contribution in [3.8, 4) is 0 Å². The third-order valence-corrected chi connectivity index (χ3v) is 5.18.